The fraction of sp³-hybridized carbons (Fsp3) is 0.429. The molecule has 1 aromatic heterocycles. The van der Waals surface area contributed by atoms with Crippen molar-refractivity contribution < 1.29 is 0 Å². The number of hydrogen-bond donors (Lipinski definition) is 0. The van der Waals surface area contributed by atoms with Crippen molar-refractivity contribution in [3.8, 4) is 0 Å². The third-order valence-corrected chi connectivity index (χ3v) is 2.90. The summed E-state index contributed by atoms with van der Waals surface area (Å²) in [5.74, 6) is 0. The highest BCUT2D eigenvalue weighted by Gasteiger charge is 2.19. The molecular formula is C14H19N. The summed E-state index contributed by atoms with van der Waals surface area (Å²) < 4.78 is 2.41. The normalized spacial score (nSPS) is 12.3. The van der Waals surface area contributed by atoms with Crippen LogP contribution in [0.3, 0.4) is 0 Å². The molecule has 0 radical (unpaired) electrons. The topological polar surface area (TPSA) is 4.93 Å². The van der Waals surface area contributed by atoms with Crippen molar-refractivity contribution in [2.45, 2.75) is 39.7 Å². The number of aromatic nitrogens is 1. The summed E-state index contributed by atoms with van der Waals surface area (Å²) in [5.41, 5.74) is 2.99. The summed E-state index contributed by atoms with van der Waals surface area (Å²) >= 11 is 0. The van der Waals surface area contributed by atoms with E-state index in [1.165, 1.54) is 16.6 Å². The maximum atomic E-state index is 2.41. The van der Waals surface area contributed by atoms with Crippen LogP contribution in [0.25, 0.3) is 10.9 Å². The molecule has 0 aliphatic rings. The van der Waals surface area contributed by atoms with E-state index in [-0.39, 0.29) is 5.41 Å². The van der Waals surface area contributed by atoms with Crippen LogP contribution in [0.1, 0.15) is 33.4 Å². The first-order valence-corrected chi connectivity index (χ1v) is 5.63. The second-order valence-electron chi connectivity index (χ2n) is 5.08. The minimum atomic E-state index is 0.217. The second kappa shape index (κ2) is 3.41. The second-order valence-corrected chi connectivity index (χ2v) is 5.08. The quantitative estimate of drug-likeness (QED) is 0.658. The monoisotopic (exact) mass is 201 g/mol. The SMILES string of the molecule is CCn1c(C(C)(C)C)cc2ccccc21. The predicted molar refractivity (Wildman–Crippen MR) is 66.3 cm³/mol. The number of aryl methyl sites for hydroxylation is 1. The van der Waals surface area contributed by atoms with Gasteiger partial charge in [-0.25, -0.2) is 0 Å². The van der Waals surface area contributed by atoms with Gasteiger partial charge in [-0.15, -0.1) is 0 Å². The summed E-state index contributed by atoms with van der Waals surface area (Å²) in [7, 11) is 0. The molecule has 2 aromatic rings. The van der Waals surface area contributed by atoms with Crippen LogP contribution in [0.4, 0.5) is 0 Å². The van der Waals surface area contributed by atoms with Gasteiger partial charge in [0.2, 0.25) is 0 Å². The van der Waals surface area contributed by atoms with E-state index in [4.69, 9.17) is 0 Å². The van der Waals surface area contributed by atoms with Crippen LogP contribution >= 0.6 is 0 Å². The lowest BCUT2D eigenvalue weighted by Gasteiger charge is -2.21. The van der Waals surface area contributed by atoms with Gasteiger partial charge in [0.05, 0.1) is 0 Å². The van der Waals surface area contributed by atoms with Crippen molar-refractivity contribution in [3.63, 3.8) is 0 Å². The Morgan fingerprint density at radius 1 is 1.13 bits per heavy atom. The largest absolute Gasteiger partial charge is 0.344 e. The number of benzene rings is 1. The highest BCUT2D eigenvalue weighted by atomic mass is 15.0. The van der Waals surface area contributed by atoms with Crippen molar-refractivity contribution in [2.75, 3.05) is 0 Å². The molecule has 0 aliphatic heterocycles. The van der Waals surface area contributed by atoms with E-state index in [9.17, 15) is 0 Å². The first-order chi connectivity index (χ1) is 7.04. The molecule has 0 amide bonds. The third-order valence-electron chi connectivity index (χ3n) is 2.90. The van der Waals surface area contributed by atoms with Gasteiger partial charge in [0.25, 0.3) is 0 Å². The third kappa shape index (κ3) is 1.67. The van der Waals surface area contributed by atoms with Gasteiger partial charge in [0, 0.05) is 23.2 Å². The number of para-hydroxylation sites is 1. The van der Waals surface area contributed by atoms with Gasteiger partial charge in [-0.05, 0) is 24.4 Å². The minimum Gasteiger partial charge on any atom is -0.344 e. The van der Waals surface area contributed by atoms with Crippen LogP contribution in [0, 0.1) is 0 Å². The molecule has 2 rings (SSSR count). The first kappa shape index (κ1) is 10.3. The highest BCUT2D eigenvalue weighted by molar-refractivity contribution is 5.81. The van der Waals surface area contributed by atoms with Gasteiger partial charge >= 0.3 is 0 Å². The van der Waals surface area contributed by atoms with Gasteiger partial charge in [-0.1, -0.05) is 39.0 Å². The van der Waals surface area contributed by atoms with Crippen LogP contribution < -0.4 is 0 Å². The summed E-state index contributed by atoms with van der Waals surface area (Å²) in [6.07, 6.45) is 0. The highest BCUT2D eigenvalue weighted by Crippen LogP contribution is 2.29. The average molecular weight is 201 g/mol. The van der Waals surface area contributed by atoms with E-state index in [1.807, 2.05) is 0 Å². The maximum Gasteiger partial charge on any atom is 0.0482 e. The predicted octanol–water partition coefficient (Wildman–Crippen LogP) is 3.96. The molecule has 0 fully saturated rings. The Morgan fingerprint density at radius 2 is 1.80 bits per heavy atom. The molecule has 80 valence electrons. The molecule has 0 bridgehead atoms. The molecule has 0 aliphatic carbocycles. The molecule has 1 nitrogen and oxygen atoms in total. The van der Waals surface area contributed by atoms with E-state index >= 15 is 0 Å². The fourth-order valence-electron chi connectivity index (χ4n) is 2.17. The summed E-state index contributed by atoms with van der Waals surface area (Å²) in [6, 6.07) is 10.9. The van der Waals surface area contributed by atoms with Crippen molar-refractivity contribution in [1.82, 2.24) is 4.57 Å². The fourth-order valence-corrected chi connectivity index (χ4v) is 2.17. The van der Waals surface area contributed by atoms with Crippen LogP contribution in [0.15, 0.2) is 30.3 Å². The standard InChI is InChI=1S/C14H19N/c1-5-15-12-9-7-6-8-11(12)10-13(15)14(2,3)4/h6-10H,5H2,1-4H3. The number of hydrogen-bond acceptors (Lipinski definition) is 0. The summed E-state index contributed by atoms with van der Waals surface area (Å²) in [6.45, 7) is 10.1. The van der Waals surface area contributed by atoms with Gasteiger partial charge in [0.1, 0.15) is 0 Å². The van der Waals surface area contributed by atoms with Gasteiger partial charge in [-0.3, -0.25) is 0 Å². The lowest BCUT2D eigenvalue weighted by molar-refractivity contribution is 0.531. The Kier molecular flexibility index (Phi) is 2.34. The Balaban J connectivity index is 2.75. The van der Waals surface area contributed by atoms with Crippen molar-refractivity contribution in [3.05, 3.63) is 36.0 Å². The summed E-state index contributed by atoms with van der Waals surface area (Å²) in [5, 5.41) is 1.35. The van der Waals surface area contributed by atoms with Gasteiger partial charge in [0.15, 0.2) is 0 Å². The number of nitrogens with zero attached hydrogens (tertiary/aromatic N) is 1. The van der Waals surface area contributed by atoms with E-state index in [0.29, 0.717) is 0 Å². The Labute approximate surface area is 91.7 Å². The lowest BCUT2D eigenvalue weighted by atomic mass is 9.92. The molecule has 0 unspecified atom stereocenters. The van der Waals surface area contributed by atoms with Crippen LogP contribution in [-0.4, -0.2) is 4.57 Å². The van der Waals surface area contributed by atoms with Crippen molar-refractivity contribution in [2.24, 2.45) is 0 Å². The molecule has 0 atom stereocenters. The number of rotatable bonds is 1. The van der Waals surface area contributed by atoms with E-state index in [1.54, 1.807) is 0 Å². The Morgan fingerprint density at radius 3 is 2.40 bits per heavy atom. The van der Waals surface area contributed by atoms with Crippen molar-refractivity contribution >= 4 is 10.9 Å². The summed E-state index contributed by atoms with van der Waals surface area (Å²) in [4.78, 5) is 0. The van der Waals surface area contributed by atoms with Gasteiger partial charge in [-0.2, -0.15) is 0 Å². The molecule has 0 saturated carbocycles. The van der Waals surface area contributed by atoms with E-state index in [2.05, 4.69) is 62.6 Å². The van der Waals surface area contributed by atoms with E-state index in [0.717, 1.165) is 6.54 Å². The zero-order chi connectivity index (χ0) is 11.1. The smallest absolute Gasteiger partial charge is 0.0482 e. The zero-order valence-corrected chi connectivity index (χ0v) is 10.0. The van der Waals surface area contributed by atoms with Gasteiger partial charge < -0.3 is 4.57 Å². The minimum absolute atomic E-state index is 0.217. The Hall–Kier alpha value is -1.24. The molecule has 1 heteroatoms. The van der Waals surface area contributed by atoms with Crippen LogP contribution in [0.2, 0.25) is 0 Å². The van der Waals surface area contributed by atoms with Crippen LogP contribution in [-0.2, 0) is 12.0 Å². The lowest BCUT2D eigenvalue weighted by Crippen LogP contribution is -2.16. The zero-order valence-electron chi connectivity index (χ0n) is 10.0. The molecule has 0 spiro atoms. The van der Waals surface area contributed by atoms with E-state index < -0.39 is 0 Å². The molecular weight excluding hydrogens is 182 g/mol. The molecule has 0 N–H and O–H groups in total. The van der Waals surface area contributed by atoms with Crippen LogP contribution in [0.5, 0.6) is 0 Å². The first-order valence-electron chi connectivity index (χ1n) is 5.63. The number of fused-ring (bicyclic) bond motifs is 1. The average Bonchev–Trinajstić information content (AvgIpc) is 2.55. The molecule has 1 aromatic carbocycles. The Bertz CT molecular complexity index is 472. The molecule has 0 saturated heterocycles. The molecule has 1 heterocycles. The van der Waals surface area contributed by atoms with Crippen molar-refractivity contribution in [1.29, 1.82) is 0 Å². The maximum absolute atomic E-state index is 2.41. The molecule has 15 heavy (non-hydrogen) atoms.